The van der Waals surface area contributed by atoms with Gasteiger partial charge in [0.05, 0.1) is 0 Å². The van der Waals surface area contributed by atoms with Crippen LogP contribution in [0.2, 0.25) is 0 Å². The summed E-state index contributed by atoms with van der Waals surface area (Å²) in [5.41, 5.74) is 6.82. The Kier molecular flexibility index (Phi) is 4.63. The normalized spacial score (nSPS) is 8.67. The molecule has 0 unspecified atom stereocenters. The van der Waals surface area contributed by atoms with Gasteiger partial charge in [-0.1, -0.05) is 0 Å². The second kappa shape index (κ2) is 4.11. The zero-order chi connectivity index (χ0) is 6.15. The van der Waals surface area contributed by atoms with Gasteiger partial charge in [0.25, 0.3) is 0 Å². The maximum absolute atomic E-state index is 12.2. The fraction of sp³-hybridized carbons (Fsp3) is 0. The zero-order valence-corrected chi connectivity index (χ0v) is 11.2. The van der Waals surface area contributed by atoms with Gasteiger partial charge in [0, 0.05) is 34.8 Å². The Hall–Kier alpha value is 1.14. The fourth-order valence-corrected chi connectivity index (χ4v) is 1.45. The summed E-state index contributed by atoms with van der Waals surface area (Å²) in [6.07, 6.45) is 0. The molecule has 0 amide bonds. The second-order valence-electron chi connectivity index (χ2n) is 1.08. The first-order valence-corrected chi connectivity index (χ1v) is 3.63. The van der Waals surface area contributed by atoms with E-state index >= 15 is 0 Å². The van der Waals surface area contributed by atoms with Crippen LogP contribution in [-0.4, -0.2) is 4.98 Å². The number of hydrogen-bond donors (Lipinski definition) is 0. The van der Waals surface area contributed by atoms with Gasteiger partial charge in [-0.3, -0.25) is 0 Å². The van der Waals surface area contributed by atoms with Gasteiger partial charge in [0.1, 0.15) is 0 Å². The molecule has 0 atom stereocenters. The Balaban J connectivity index is 0.000000640. The van der Waals surface area contributed by atoms with Crippen molar-refractivity contribution in [1.29, 1.82) is 0 Å². The minimum Gasteiger partial charge on any atom is -0.473 e. The number of halogens is 2. The molecule has 6 heteroatoms. The smallest absolute Gasteiger partial charge is 0.185 e. The van der Waals surface area contributed by atoms with Gasteiger partial charge < -0.3 is 10.7 Å². The first-order valence-electron chi connectivity index (χ1n) is 1.73. The Morgan fingerprint density at radius 3 is 2.33 bits per heavy atom. The molecule has 2 nitrogen and oxygen atoms in total. The van der Waals surface area contributed by atoms with E-state index in [1.54, 1.807) is 22.6 Å². The van der Waals surface area contributed by atoms with Gasteiger partial charge >= 0.3 is 0 Å². The molecule has 0 aliphatic rings. The van der Waals surface area contributed by atoms with E-state index in [1.165, 1.54) is 0 Å². The maximum atomic E-state index is 12.2. The predicted octanol–water partition coefficient (Wildman–Crippen LogP) is 2.57. The van der Waals surface area contributed by atoms with Gasteiger partial charge in [0.2, 0.25) is 0 Å². The first-order chi connectivity index (χ1) is 3.70. The molecule has 0 saturated heterocycles. The molecule has 0 spiro atoms. The standard InChI is InChI=1S/C3HFIN2S.U/c4-1-2(5)7-3(6)8-1;/h(H-,6,7);/q-1;. The van der Waals surface area contributed by atoms with Gasteiger partial charge in [-0.2, -0.15) is 4.39 Å². The molecule has 1 N–H and O–H groups in total. The number of nitrogens with one attached hydrogen (secondary N) is 1. The molecule has 0 aliphatic heterocycles. The van der Waals surface area contributed by atoms with Crippen LogP contribution in [0.1, 0.15) is 0 Å². The number of hydrogen-bond acceptors (Lipinski definition) is 2. The Labute approximate surface area is 92.9 Å². The molecule has 1 rings (SSSR count). The Morgan fingerprint density at radius 1 is 1.67 bits per heavy atom. The number of thiazole rings is 1. The SMILES string of the molecule is [NH-]c1nc(I)c(F)s1.[U]. The maximum Gasteiger partial charge on any atom is 0.185 e. The van der Waals surface area contributed by atoms with E-state index in [0.29, 0.717) is 0 Å². The molecule has 1 aromatic rings. The van der Waals surface area contributed by atoms with E-state index in [4.69, 9.17) is 5.73 Å². The minimum absolute atomic E-state index is 0. The molecule has 0 saturated carbocycles. The van der Waals surface area contributed by atoms with Crippen LogP contribution in [0.4, 0.5) is 9.52 Å². The number of rotatable bonds is 0. The van der Waals surface area contributed by atoms with Crippen LogP contribution in [0, 0.1) is 39.9 Å². The summed E-state index contributed by atoms with van der Waals surface area (Å²) in [5.74, 6) is 0. The predicted molar refractivity (Wildman–Crippen MR) is 38.8 cm³/mol. The van der Waals surface area contributed by atoms with Crippen molar-refractivity contribution < 1.29 is 35.5 Å². The third-order valence-electron chi connectivity index (χ3n) is 0.548. The van der Waals surface area contributed by atoms with E-state index in [0.717, 1.165) is 11.3 Å². The molecule has 0 aliphatic carbocycles. The summed E-state index contributed by atoms with van der Waals surface area (Å²) < 4.78 is 12.5. The summed E-state index contributed by atoms with van der Waals surface area (Å²) in [5, 5.41) is -0.331. The summed E-state index contributed by atoms with van der Waals surface area (Å²) >= 11 is 2.50. The molecular formula is C3HFIN2SU-. The van der Waals surface area contributed by atoms with Crippen molar-refractivity contribution in [2.24, 2.45) is 0 Å². The quantitative estimate of drug-likeness (QED) is 0.526. The van der Waals surface area contributed by atoms with Crippen LogP contribution >= 0.6 is 33.9 Å². The van der Waals surface area contributed by atoms with Crippen molar-refractivity contribution in [3.8, 4) is 0 Å². The van der Waals surface area contributed by atoms with E-state index in [-0.39, 0.29) is 45.1 Å². The molecule has 0 fully saturated rings. The van der Waals surface area contributed by atoms with Crippen molar-refractivity contribution >= 4 is 39.1 Å². The largest absolute Gasteiger partial charge is 0.473 e. The molecule has 0 radical (unpaired) electrons. The number of aromatic nitrogens is 1. The first kappa shape index (κ1) is 10.1. The van der Waals surface area contributed by atoms with Gasteiger partial charge in [-0.15, -0.1) is 11.3 Å². The minimum atomic E-state index is -0.365. The van der Waals surface area contributed by atoms with Crippen molar-refractivity contribution in [3.05, 3.63) is 14.6 Å². The van der Waals surface area contributed by atoms with Crippen molar-refractivity contribution in [3.63, 3.8) is 0 Å². The summed E-state index contributed by atoms with van der Waals surface area (Å²) in [7, 11) is 0. The molecule has 0 aromatic carbocycles. The van der Waals surface area contributed by atoms with Crippen molar-refractivity contribution in [2.45, 2.75) is 0 Å². The van der Waals surface area contributed by atoms with E-state index in [9.17, 15) is 4.39 Å². The van der Waals surface area contributed by atoms with Crippen molar-refractivity contribution in [2.75, 3.05) is 0 Å². The van der Waals surface area contributed by atoms with Crippen molar-refractivity contribution in [1.82, 2.24) is 4.98 Å². The molecule has 1 heterocycles. The molecule has 0 bridgehead atoms. The molecule has 48 valence electrons. The van der Waals surface area contributed by atoms with Crippen LogP contribution in [0.25, 0.3) is 5.73 Å². The number of nitrogens with zero attached hydrogens (tertiary/aromatic N) is 1. The van der Waals surface area contributed by atoms with Gasteiger partial charge in [-0.05, 0) is 27.7 Å². The van der Waals surface area contributed by atoms with Crippen LogP contribution in [0.3, 0.4) is 0 Å². The fourth-order valence-electron chi connectivity index (χ4n) is 0.283. The average Bonchev–Trinajstić information content (AvgIpc) is 1.85. The van der Waals surface area contributed by atoms with Crippen LogP contribution in [-0.2, 0) is 0 Å². The average molecular weight is 481 g/mol. The molecule has 1 aromatic heterocycles. The van der Waals surface area contributed by atoms with Gasteiger partial charge in [-0.25, -0.2) is 0 Å². The van der Waals surface area contributed by atoms with E-state index in [2.05, 4.69) is 4.98 Å². The molecular weight excluding hydrogens is 480 g/mol. The zero-order valence-electron chi connectivity index (χ0n) is 4.11. The summed E-state index contributed by atoms with van der Waals surface area (Å²) in [6, 6.07) is 0. The van der Waals surface area contributed by atoms with Gasteiger partial charge in [0.15, 0.2) is 5.13 Å². The Morgan fingerprint density at radius 2 is 2.22 bits per heavy atom. The van der Waals surface area contributed by atoms with Crippen LogP contribution in [0.5, 0.6) is 0 Å². The monoisotopic (exact) mass is 481 g/mol. The third kappa shape index (κ3) is 2.70. The van der Waals surface area contributed by atoms with Crippen LogP contribution in [0.15, 0.2) is 0 Å². The van der Waals surface area contributed by atoms with Crippen LogP contribution < -0.4 is 0 Å². The van der Waals surface area contributed by atoms with E-state index < -0.39 is 0 Å². The topological polar surface area (TPSA) is 36.7 Å². The summed E-state index contributed by atoms with van der Waals surface area (Å²) in [4.78, 5) is 3.51. The molecule has 9 heavy (non-hydrogen) atoms. The summed E-state index contributed by atoms with van der Waals surface area (Å²) in [6.45, 7) is 0. The second-order valence-corrected chi connectivity index (χ2v) is 3.05. The van der Waals surface area contributed by atoms with E-state index in [1.807, 2.05) is 0 Å². The third-order valence-corrected chi connectivity index (χ3v) is 2.29. The Bertz CT molecular complexity index is 184.